The quantitative estimate of drug-likeness (QED) is 0.848. The van der Waals surface area contributed by atoms with Crippen LogP contribution in [0.5, 0.6) is 0 Å². The Hall–Kier alpha value is -1.69. The van der Waals surface area contributed by atoms with Gasteiger partial charge >= 0.3 is 0 Å². The third-order valence-corrected chi connectivity index (χ3v) is 3.22. The van der Waals surface area contributed by atoms with E-state index in [1.54, 1.807) is 24.6 Å². The zero-order valence-electron chi connectivity index (χ0n) is 9.90. The largest absolute Gasteiger partial charge is 0.369 e. The molecule has 2 aromatic heterocycles. The van der Waals surface area contributed by atoms with Crippen LogP contribution in [0, 0.1) is 6.92 Å². The Labute approximate surface area is 104 Å². The molecule has 6 heteroatoms. The highest BCUT2D eigenvalue weighted by atomic mass is 32.1. The lowest BCUT2D eigenvalue weighted by atomic mass is 10.4. The predicted molar refractivity (Wildman–Crippen MR) is 70.6 cm³/mol. The Balaban J connectivity index is 1.85. The monoisotopic (exact) mass is 249 g/mol. The van der Waals surface area contributed by atoms with E-state index in [1.807, 2.05) is 13.0 Å². The first-order valence-electron chi connectivity index (χ1n) is 5.43. The highest BCUT2D eigenvalue weighted by molar-refractivity contribution is 7.09. The Kier molecular flexibility index (Phi) is 3.87. The number of aromatic nitrogens is 3. The highest BCUT2D eigenvalue weighted by Gasteiger charge is 2.00. The number of anilines is 2. The maximum absolute atomic E-state index is 4.41. The molecule has 2 aromatic rings. The second-order valence-electron chi connectivity index (χ2n) is 3.57. The van der Waals surface area contributed by atoms with Crippen LogP contribution >= 0.6 is 11.3 Å². The van der Waals surface area contributed by atoms with E-state index >= 15 is 0 Å². The molecule has 17 heavy (non-hydrogen) atoms. The lowest BCUT2D eigenvalue weighted by Gasteiger charge is -2.05. The molecule has 0 fully saturated rings. The van der Waals surface area contributed by atoms with Crippen LogP contribution < -0.4 is 10.6 Å². The SMILES string of the molecule is CNc1nccc(NCCc2nc(C)cs2)n1. The van der Waals surface area contributed by atoms with Crippen molar-refractivity contribution in [3.63, 3.8) is 0 Å². The molecule has 0 aromatic carbocycles. The molecule has 0 aliphatic heterocycles. The molecule has 0 unspecified atom stereocenters. The van der Waals surface area contributed by atoms with Crippen molar-refractivity contribution in [2.24, 2.45) is 0 Å². The molecule has 0 saturated heterocycles. The van der Waals surface area contributed by atoms with Gasteiger partial charge in [-0.1, -0.05) is 0 Å². The summed E-state index contributed by atoms with van der Waals surface area (Å²) >= 11 is 1.70. The molecule has 0 atom stereocenters. The number of thiazole rings is 1. The summed E-state index contributed by atoms with van der Waals surface area (Å²) in [7, 11) is 1.80. The molecule has 2 N–H and O–H groups in total. The normalized spacial score (nSPS) is 10.2. The predicted octanol–water partition coefficient (Wildman–Crippen LogP) is 1.94. The Morgan fingerprint density at radius 2 is 2.24 bits per heavy atom. The number of hydrogen-bond donors (Lipinski definition) is 2. The minimum absolute atomic E-state index is 0.625. The fourth-order valence-electron chi connectivity index (χ4n) is 1.39. The van der Waals surface area contributed by atoms with Crippen molar-refractivity contribution < 1.29 is 0 Å². The van der Waals surface area contributed by atoms with E-state index in [-0.39, 0.29) is 0 Å². The maximum Gasteiger partial charge on any atom is 0.224 e. The molecule has 0 aliphatic carbocycles. The molecule has 2 rings (SSSR count). The Morgan fingerprint density at radius 1 is 1.35 bits per heavy atom. The van der Waals surface area contributed by atoms with E-state index in [4.69, 9.17) is 0 Å². The zero-order valence-corrected chi connectivity index (χ0v) is 10.7. The zero-order chi connectivity index (χ0) is 12.1. The van der Waals surface area contributed by atoms with Crippen LogP contribution in [0.2, 0.25) is 0 Å². The van der Waals surface area contributed by atoms with Gasteiger partial charge in [0, 0.05) is 37.3 Å². The third-order valence-electron chi connectivity index (χ3n) is 2.19. The Morgan fingerprint density at radius 3 is 2.94 bits per heavy atom. The second kappa shape index (κ2) is 5.58. The van der Waals surface area contributed by atoms with Crippen molar-refractivity contribution in [3.8, 4) is 0 Å². The lowest BCUT2D eigenvalue weighted by molar-refractivity contribution is 0.974. The fourth-order valence-corrected chi connectivity index (χ4v) is 2.17. The van der Waals surface area contributed by atoms with Crippen LogP contribution in [0.1, 0.15) is 10.7 Å². The summed E-state index contributed by atoms with van der Waals surface area (Å²) in [6.45, 7) is 2.84. The van der Waals surface area contributed by atoms with Gasteiger partial charge in [-0.3, -0.25) is 0 Å². The van der Waals surface area contributed by atoms with Crippen LogP contribution in [-0.4, -0.2) is 28.5 Å². The summed E-state index contributed by atoms with van der Waals surface area (Å²) in [6.07, 6.45) is 2.64. The molecule has 0 radical (unpaired) electrons. The topological polar surface area (TPSA) is 62.7 Å². The van der Waals surface area contributed by atoms with E-state index in [9.17, 15) is 0 Å². The van der Waals surface area contributed by atoms with Crippen LogP contribution in [-0.2, 0) is 6.42 Å². The molecule has 0 aliphatic rings. The summed E-state index contributed by atoms with van der Waals surface area (Å²) in [4.78, 5) is 12.7. The van der Waals surface area contributed by atoms with Gasteiger partial charge in [0.2, 0.25) is 5.95 Å². The summed E-state index contributed by atoms with van der Waals surface area (Å²) in [6, 6.07) is 1.86. The molecule has 5 nitrogen and oxygen atoms in total. The summed E-state index contributed by atoms with van der Waals surface area (Å²) in [5.41, 5.74) is 1.09. The molecule has 0 saturated carbocycles. The van der Waals surface area contributed by atoms with Crippen LogP contribution in [0.15, 0.2) is 17.6 Å². The average Bonchev–Trinajstić information content (AvgIpc) is 2.75. The van der Waals surface area contributed by atoms with Crippen molar-refractivity contribution in [1.29, 1.82) is 0 Å². The van der Waals surface area contributed by atoms with Gasteiger partial charge in [0.05, 0.1) is 5.01 Å². The van der Waals surface area contributed by atoms with Crippen molar-refractivity contribution >= 4 is 23.1 Å². The minimum atomic E-state index is 0.625. The molecular weight excluding hydrogens is 234 g/mol. The first-order chi connectivity index (χ1) is 8.28. The third kappa shape index (κ3) is 3.39. The van der Waals surface area contributed by atoms with E-state index in [1.165, 1.54) is 0 Å². The lowest BCUT2D eigenvalue weighted by Crippen LogP contribution is -2.07. The van der Waals surface area contributed by atoms with Crippen molar-refractivity contribution in [2.75, 3.05) is 24.2 Å². The van der Waals surface area contributed by atoms with Gasteiger partial charge in [0.15, 0.2) is 0 Å². The van der Waals surface area contributed by atoms with Gasteiger partial charge in [0.25, 0.3) is 0 Å². The van der Waals surface area contributed by atoms with Crippen molar-refractivity contribution in [3.05, 3.63) is 28.3 Å². The van der Waals surface area contributed by atoms with Crippen LogP contribution in [0.3, 0.4) is 0 Å². The Bertz CT molecular complexity index is 482. The summed E-state index contributed by atoms with van der Waals surface area (Å²) in [5.74, 6) is 1.46. The van der Waals surface area contributed by atoms with Gasteiger partial charge in [-0.05, 0) is 13.0 Å². The van der Waals surface area contributed by atoms with E-state index in [2.05, 4.69) is 31.0 Å². The van der Waals surface area contributed by atoms with Gasteiger partial charge < -0.3 is 10.6 Å². The summed E-state index contributed by atoms with van der Waals surface area (Å²) < 4.78 is 0. The van der Waals surface area contributed by atoms with E-state index in [0.717, 1.165) is 29.5 Å². The number of hydrogen-bond acceptors (Lipinski definition) is 6. The molecule has 90 valence electrons. The molecule has 0 amide bonds. The van der Waals surface area contributed by atoms with Gasteiger partial charge in [-0.2, -0.15) is 4.98 Å². The molecule has 0 spiro atoms. The van der Waals surface area contributed by atoms with Gasteiger partial charge in [-0.25, -0.2) is 9.97 Å². The average molecular weight is 249 g/mol. The first-order valence-corrected chi connectivity index (χ1v) is 6.31. The number of aryl methyl sites for hydroxylation is 1. The molecular formula is C11H15N5S. The highest BCUT2D eigenvalue weighted by Crippen LogP contribution is 2.10. The van der Waals surface area contributed by atoms with E-state index < -0.39 is 0 Å². The number of rotatable bonds is 5. The minimum Gasteiger partial charge on any atom is -0.369 e. The molecule has 2 heterocycles. The standard InChI is InChI=1S/C11H15N5S/c1-8-7-17-10(15-8)4-6-13-9-3-5-14-11(12-2)16-9/h3,5,7H,4,6H2,1-2H3,(H2,12,13,14,16). The first kappa shape index (κ1) is 11.8. The number of nitrogens with zero attached hydrogens (tertiary/aromatic N) is 3. The van der Waals surface area contributed by atoms with Gasteiger partial charge in [0.1, 0.15) is 5.82 Å². The van der Waals surface area contributed by atoms with Crippen LogP contribution in [0.25, 0.3) is 0 Å². The van der Waals surface area contributed by atoms with Crippen molar-refractivity contribution in [1.82, 2.24) is 15.0 Å². The van der Waals surface area contributed by atoms with E-state index in [0.29, 0.717) is 5.95 Å². The van der Waals surface area contributed by atoms with Gasteiger partial charge in [-0.15, -0.1) is 11.3 Å². The van der Waals surface area contributed by atoms with Crippen molar-refractivity contribution in [2.45, 2.75) is 13.3 Å². The maximum atomic E-state index is 4.41. The summed E-state index contributed by atoms with van der Waals surface area (Å²) in [5, 5.41) is 9.38. The van der Waals surface area contributed by atoms with Crippen LogP contribution in [0.4, 0.5) is 11.8 Å². The second-order valence-corrected chi connectivity index (χ2v) is 4.52. The smallest absolute Gasteiger partial charge is 0.224 e. The molecule has 0 bridgehead atoms. The number of nitrogens with one attached hydrogen (secondary N) is 2. The fraction of sp³-hybridized carbons (Fsp3) is 0.364.